The standard InChI is InChI=1S/C7H6O3/c8-6-4-1-2-5(3-4)7(9)10-6/h1,5H,2-3H2. The third-order valence-electron chi connectivity index (χ3n) is 1.90. The topological polar surface area (TPSA) is 43.4 Å². The van der Waals surface area contributed by atoms with Crippen LogP contribution in [-0.2, 0) is 14.3 Å². The normalized spacial score (nSPS) is 30.0. The van der Waals surface area contributed by atoms with Gasteiger partial charge in [0.15, 0.2) is 0 Å². The van der Waals surface area contributed by atoms with Crippen LogP contribution < -0.4 is 0 Å². The summed E-state index contributed by atoms with van der Waals surface area (Å²) in [7, 11) is 0. The van der Waals surface area contributed by atoms with Crippen LogP contribution in [-0.4, -0.2) is 11.9 Å². The molecule has 0 radical (unpaired) electrons. The molecular weight excluding hydrogens is 132 g/mol. The number of carbonyl (C=O) groups is 2. The second-order valence-corrected chi connectivity index (χ2v) is 2.57. The van der Waals surface area contributed by atoms with E-state index in [1.165, 1.54) is 0 Å². The highest BCUT2D eigenvalue weighted by molar-refractivity contribution is 6.01. The van der Waals surface area contributed by atoms with Crippen LogP contribution in [0.25, 0.3) is 0 Å². The first-order valence-corrected chi connectivity index (χ1v) is 3.22. The molecule has 2 rings (SSSR count). The Morgan fingerprint density at radius 3 is 3.10 bits per heavy atom. The van der Waals surface area contributed by atoms with Gasteiger partial charge in [-0.25, -0.2) is 4.79 Å². The average molecular weight is 138 g/mol. The van der Waals surface area contributed by atoms with Gasteiger partial charge in [-0.15, -0.1) is 0 Å². The van der Waals surface area contributed by atoms with Crippen LogP contribution in [0.5, 0.6) is 0 Å². The van der Waals surface area contributed by atoms with Gasteiger partial charge in [0.05, 0.1) is 5.92 Å². The summed E-state index contributed by atoms with van der Waals surface area (Å²) in [6.07, 6.45) is 3.06. The molecule has 0 N–H and O–H groups in total. The predicted molar refractivity (Wildman–Crippen MR) is 31.9 cm³/mol. The third kappa shape index (κ3) is 0.602. The van der Waals surface area contributed by atoms with E-state index in [1.807, 2.05) is 0 Å². The van der Waals surface area contributed by atoms with Crippen LogP contribution >= 0.6 is 0 Å². The molecule has 1 fully saturated rings. The van der Waals surface area contributed by atoms with Crippen LogP contribution in [0.4, 0.5) is 0 Å². The maximum Gasteiger partial charge on any atom is 0.341 e. The van der Waals surface area contributed by atoms with Crippen molar-refractivity contribution in [1.29, 1.82) is 0 Å². The Balaban J connectivity index is 2.34. The lowest BCUT2D eigenvalue weighted by Crippen LogP contribution is -2.25. The fraction of sp³-hybridized carbons (Fsp3) is 0.429. The van der Waals surface area contributed by atoms with Crippen molar-refractivity contribution in [3.8, 4) is 0 Å². The molecule has 3 heteroatoms. The lowest BCUT2D eigenvalue weighted by Gasteiger charge is -2.13. The minimum Gasteiger partial charge on any atom is -0.389 e. The van der Waals surface area contributed by atoms with Crippen molar-refractivity contribution in [3.63, 3.8) is 0 Å². The highest BCUT2D eigenvalue weighted by atomic mass is 16.6. The average Bonchev–Trinajstić information content (AvgIpc) is 2.28. The Labute approximate surface area is 57.7 Å². The number of allylic oxidation sites excluding steroid dienone is 1. The van der Waals surface area contributed by atoms with Crippen molar-refractivity contribution in [2.75, 3.05) is 0 Å². The lowest BCUT2D eigenvalue weighted by molar-refractivity contribution is -0.162. The van der Waals surface area contributed by atoms with Crippen LogP contribution in [0.1, 0.15) is 12.8 Å². The van der Waals surface area contributed by atoms with Gasteiger partial charge < -0.3 is 4.74 Å². The number of rotatable bonds is 0. The number of carbonyl (C=O) groups excluding carboxylic acids is 2. The van der Waals surface area contributed by atoms with Gasteiger partial charge in [-0.3, -0.25) is 4.79 Å². The van der Waals surface area contributed by atoms with Crippen molar-refractivity contribution in [1.82, 2.24) is 0 Å². The first-order chi connectivity index (χ1) is 4.77. The molecule has 1 heterocycles. The number of cyclic esters (lactones) is 2. The maximum atomic E-state index is 10.8. The summed E-state index contributed by atoms with van der Waals surface area (Å²) < 4.78 is 4.43. The van der Waals surface area contributed by atoms with E-state index in [0.29, 0.717) is 18.4 Å². The zero-order chi connectivity index (χ0) is 7.14. The molecule has 1 atom stereocenters. The largest absolute Gasteiger partial charge is 0.389 e. The summed E-state index contributed by atoms with van der Waals surface area (Å²) in [4.78, 5) is 21.5. The van der Waals surface area contributed by atoms with Crippen molar-refractivity contribution >= 4 is 11.9 Å². The first kappa shape index (κ1) is 5.65. The first-order valence-electron chi connectivity index (χ1n) is 3.22. The highest BCUT2D eigenvalue weighted by Gasteiger charge is 2.36. The molecule has 1 aliphatic carbocycles. The predicted octanol–water partition coefficient (Wildman–Crippen LogP) is 0.406. The smallest absolute Gasteiger partial charge is 0.341 e. The monoisotopic (exact) mass is 138 g/mol. The number of fused-ring (bicyclic) bond motifs is 2. The van der Waals surface area contributed by atoms with Crippen molar-refractivity contribution in [3.05, 3.63) is 11.6 Å². The Bertz CT molecular complexity index is 239. The molecule has 0 aromatic heterocycles. The molecule has 1 saturated heterocycles. The molecule has 2 bridgehead atoms. The molecule has 52 valence electrons. The van der Waals surface area contributed by atoms with Gasteiger partial charge >= 0.3 is 11.9 Å². The quantitative estimate of drug-likeness (QED) is 0.359. The summed E-state index contributed by atoms with van der Waals surface area (Å²) in [6, 6.07) is 0. The lowest BCUT2D eigenvalue weighted by atomic mass is 10.0. The van der Waals surface area contributed by atoms with Gasteiger partial charge in [-0.1, -0.05) is 6.08 Å². The summed E-state index contributed by atoms with van der Waals surface area (Å²) >= 11 is 0. The Hall–Kier alpha value is -1.12. The van der Waals surface area contributed by atoms with Crippen LogP contribution in [0.15, 0.2) is 11.6 Å². The van der Waals surface area contributed by atoms with E-state index in [1.54, 1.807) is 6.08 Å². The fourth-order valence-electron chi connectivity index (χ4n) is 1.30. The second-order valence-electron chi connectivity index (χ2n) is 2.57. The Morgan fingerprint density at radius 1 is 1.50 bits per heavy atom. The highest BCUT2D eigenvalue weighted by Crippen LogP contribution is 2.31. The van der Waals surface area contributed by atoms with Crippen molar-refractivity contribution in [2.24, 2.45) is 5.92 Å². The maximum absolute atomic E-state index is 10.8. The Kier molecular flexibility index (Phi) is 0.952. The molecule has 2 aliphatic rings. The minimum absolute atomic E-state index is 0.0623. The molecule has 10 heavy (non-hydrogen) atoms. The van der Waals surface area contributed by atoms with E-state index in [9.17, 15) is 9.59 Å². The van der Waals surface area contributed by atoms with E-state index in [2.05, 4.69) is 4.74 Å². The summed E-state index contributed by atoms with van der Waals surface area (Å²) in [5.74, 6) is -0.867. The number of ether oxygens (including phenoxy) is 1. The number of esters is 2. The molecule has 0 spiro atoms. The van der Waals surface area contributed by atoms with Gasteiger partial charge in [0.1, 0.15) is 0 Å². The summed E-state index contributed by atoms with van der Waals surface area (Å²) in [5.41, 5.74) is 0.671. The molecule has 0 aromatic carbocycles. The molecule has 3 nitrogen and oxygen atoms in total. The van der Waals surface area contributed by atoms with Crippen LogP contribution in [0, 0.1) is 5.92 Å². The van der Waals surface area contributed by atoms with Gasteiger partial charge in [-0.2, -0.15) is 0 Å². The van der Waals surface area contributed by atoms with Crippen LogP contribution in [0.2, 0.25) is 0 Å². The van der Waals surface area contributed by atoms with E-state index < -0.39 is 5.97 Å². The molecule has 0 aromatic rings. The minimum atomic E-state index is -0.446. The zero-order valence-electron chi connectivity index (χ0n) is 5.29. The van der Waals surface area contributed by atoms with Crippen molar-refractivity contribution < 1.29 is 14.3 Å². The zero-order valence-corrected chi connectivity index (χ0v) is 5.29. The molecular formula is C7H6O3. The number of hydrogen-bond donors (Lipinski definition) is 0. The van der Waals surface area contributed by atoms with Gasteiger partial charge in [0.25, 0.3) is 0 Å². The molecule has 1 unspecified atom stereocenters. The summed E-state index contributed by atoms with van der Waals surface area (Å²) in [5, 5.41) is 0. The van der Waals surface area contributed by atoms with Gasteiger partial charge in [-0.05, 0) is 12.8 Å². The van der Waals surface area contributed by atoms with E-state index in [-0.39, 0.29) is 11.9 Å². The summed E-state index contributed by atoms with van der Waals surface area (Å²) in [6.45, 7) is 0. The molecule has 0 saturated carbocycles. The van der Waals surface area contributed by atoms with Gasteiger partial charge in [0.2, 0.25) is 0 Å². The van der Waals surface area contributed by atoms with E-state index in [4.69, 9.17) is 0 Å². The molecule has 1 aliphatic heterocycles. The fourth-order valence-corrected chi connectivity index (χ4v) is 1.30. The SMILES string of the molecule is O=C1OC(=O)C2CC=C1C2. The van der Waals surface area contributed by atoms with Crippen LogP contribution in [0.3, 0.4) is 0 Å². The van der Waals surface area contributed by atoms with E-state index in [0.717, 1.165) is 0 Å². The second kappa shape index (κ2) is 1.68. The van der Waals surface area contributed by atoms with Crippen molar-refractivity contribution in [2.45, 2.75) is 12.8 Å². The Morgan fingerprint density at radius 2 is 2.30 bits per heavy atom. The van der Waals surface area contributed by atoms with Gasteiger partial charge in [0, 0.05) is 5.57 Å². The third-order valence-corrected chi connectivity index (χ3v) is 1.90. The van der Waals surface area contributed by atoms with E-state index >= 15 is 0 Å². The number of hydrogen-bond acceptors (Lipinski definition) is 3. The molecule has 0 amide bonds.